The van der Waals surface area contributed by atoms with Gasteiger partial charge in [-0.1, -0.05) is 25.8 Å². The highest BCUT2D eigenvalue weighted by molar-refractivity contribution is 5.85. The molecule has 0 aliphatic carbocycles. The Kier molecular flexibility index (Phi) is 7.04. The minimum Gasteiger partial charge on any atom is -0.395 e. The van der Waals surface area contributed by atoms with Crippen molar-refractivity contribution in [2.75, 3.05) is 18.5 Å². The zero-order valence-electron chi connectivity index (χ0n) is 11.6. The Bertz CT molecular complexity index is 553. The molecular formula is C14H21ClN4O. The van der Waals surface area contributed by atoms with Gasteiger partial charge in [0.15, 0.2) is 5.65 Å². The number of aromatic nitrogens is 3. The predicted molar refractivity (Wildman–Crippen MR) is 84.4 cm³/mol. The fourth-order valence-electron chi connectivity index (χ4n) is 1.81. The summed E-state index contributed by atoms with van der Waals surface area (Å²) < 4.78 is 1.81. The number of hydrogen-bond acceptors (Lipinski definition) is 4. The molecule has 0 spiro atoms. The van der Waals surface area contributed by atoms with Gasteiger partial charge in [0.1, 0.15) is 5.82 Å². The zero-order chi connectivity index (χ0) is 13.5. The van der Waals surface area contributed by atoms with E-state index in [9.17, 15) is 0 Å². The maximum absolute atomic E-state index is 8.80. The van der Waals surface area contributed by atoms with Crippen LogP contribution in [0.2, 0.25) is 0 Å². The van der Waals surface area contributed by atoms with E-state index < -0.39 is 0 Å². The number of rotatable bonds is 7. The maximum atomic E-state index is 8.80. The number of allylic oxidation sites excluding steroid dienone is 1. The third-order valence-electron chi connectivity index (χ3n) is 2.82. The SMILES string of the molecule is CCCCC=Cc1cnc2ccc(NCCO)nn12.Cl. The summed E-state index contributed by atoms with van der Waals surface area (Å²) in [5.41, 5.74) is 1.79. The molecule has 0 saturated carbocycles. The Morgan fingerprint density at radius 2 is 2.25 bits per heavy atom. The number of hydrogen-bond donors (Lipinski definition) is 2. The quantitative estimate of drug-likeness (QED) is 0.771. The van der Waals surface area contributed by atoms with Crippen molar-refractivity contribution in [3.63, 3.8) is 0 Å². The highest BCUT2D eigenvalue weighted by Gasteiger charge is 2.02. The molecule has 0 saturated heterocycles. The molecule has 20 heavy (non-hydrogen) atoms. The van der Waals surface area contributed by atoms with Crippen molar-refractivity contribution in [3.8, 4) is 0 Å². The Morgan fingerprint density at radius 1 is 1.40 bits per heavy atom. The second-order valence-corrected chi connectivity index (χ2v) is 4.37. The van der Waals surface area contributed by atoms with Crippen LogP contribution in [0, 0.1) is 0 Å². The van der Waals surface area contributed by atoms with Crippen molar-refractivity contribution in [2.24, 2.45) is 0 Å². The zero-order valence-corrected chi connectivity index (χ0v) is 12.4. The molecule has 0 fully saturated rings. The van der Waals surface area contributed by atoms with Crippen molar-refractivity contribution in [1.82, 2.24) is 14.6 Å². The molecule has 0 radical (unpaired) electrons. The van der Waals surface area contributed by atoms with Crippen LogP contribution in [-0.4, -0.2) is 32.9 Å². The Balaban J connectivity index is 0.00000200. The first kappa shape index (κ1) is 16.5. The van der Waals surface area contributed by atoms with E-state index in [-0.39, 0.29) is 19.0 Å². The first-order valence-corrected chi connectivity index (χ1v) is 6.71. The monoisotopic (exact) mass is 296 g/mol. The van der Waals surface area contributed by atoms with Crippen LogP contribution in [0.3, 0.4) is 0 Å². The summed E-state index contributed by atoms with van der Waals surface area (Å²) in [5, 5.41) is 16.3. The van der Waals surface area contributed by atoms with E-state index in [0.717, 1.165) is 23.6 Å². The van der Waals surface area contributed by atoms with Crippen molar-refractivity contribution >= 4 is 29.9 Å². The minimum absolute atomic E-state index is 0. The lowest BCUT2D eigenvalue weighted by atomic mass is 10.2. The summed E-state index contributed by atoms with van der Waals surface area (Å²) >= 11 is 0. The fourth-order valence-corrected chi connectivity index (χ4v) is 1.81. The van der Waals surface area contributed by atoms with E-state index in [1.54, 1.807) is 0 Å². The normalized spacial score (nSPS) is 10.9. The van der Waals surface area contributed by atoms with Crippen molar-refractivity contribution in [3.05, 3.63) is 30.1 Å². The summed E-state index contributed by atoms with van der Waals surface area (Å²) in [5.74, 6) is 0.739. The first-order chi connectivity index (χ1) is 9.35. The molecule has 0 aromatic carbocycles. The van der Waals surface area contributed by atoms with E-state index in [1.807, 2.05) is 22.8 Å². The second kappa shape index (κ2) is 8.55. The van der Waals surface area contributed by atoms with Gasteiger partial charge < -0.3 is 10.4 Å². The summed E-state index contributed by atoms with van der Waals surface area (Å²) in [6.45, 7) is 2.77. The lowest BCUT2D eigenvalue weighted by Gasteiger charge is -2.04. The molecule has 110 valence electrons. The summed E-state index contributed by atoms with van der Waals surface area (Å²) in [7, 11) is 0. The number of nitrogens with zero attached hydrogens (tertiary/aromatic N) is 3. The molecular weight excluding hydrogens is 276 g/mol. The number of unbranched alkanes of at least 4 members (excludes halogenated alkanes) is 2. The first-order valence-electron chi connectivity index (χ1n) is 6.71. The second-order valence-electron chi connectivity index (χ2n) is 4.37. The van der Waals surface area contributed by atoms with Crippen LogP contribution in [0.5, 0.6) is 0 Å². The summed E-state index contributed by atoms with van der Waals surface area (Å²) in [4.78, 5) is 4.31. The number of fused-ring (bicyclic) bond motifs is 1. The van der Waals surface area contributed by atoms with Crippen molar-refractivity contribution in [1.29, 1.82) is 0 Å². The summed E-state index contributed by atoms with van der Waals surface area (Å²) in [6.07, 6.45) is 9.50. The van der Waals surface area contributed by atoms with Crippen LogP contribution in [-0.2, 0) is 0 Å². The van der Waals surface area contributed by atoms with Crippen LogP contribution >= 0.6 is 12.4 Å². The lowest BCUT2D eigenvalue weighted by Crippen LogP contribution is -2.08. The topological polar surface area (TPSA) is 62.5 Å². The van der Waals surface area contributed by atoms with Crippen LogP contribution in [0.4, 0.5) is 5.82 Å². The minimum atomic E-state index is 0. The average Bonchev–Trinajstić information content (AvgIpc) is 2.84. The van der Waals surface area contributed by atoms with Gasteiger partial charge in [0, 0.05) is 6.54 Å². The number of imidazole rings is 1. The molecule has 6 heteroatoms. The smallest absolute Gasteiger partial charge is 0.154 e. The molecule has 2 rings (SSSR count). The lowest BCUT2D eigenvalue weighted by molar-refractivity contribution is 0.311. The molecule has 0 amide bonds. The van der Waals surface area contributed by atoms with Crippen LogP contribution < -0.4 is 5.32 Å². The van der Waals surface area contributed by atoms with Gasteiger partial charge in [-0.05, 0) is 24.6 Å². The third-order valence-corrected chi connectivity index (χ3v) is 2.82. The van der Waals surface area contributed by atoms with Gasteiger partial charge in [0.05, 0.1) is 18.5 Å². The van der Waals surface area contributed by atoms with Crippen LogP contribution in [0.15, 0.2) is 24.4 Å². The van der Waals surface area contributed by atoms with Crippen molar-refractivity contribution < 1.29 is 5.11 Å². The average molecular weight is 297 g/mol. The third kappa shape index (κ3) is 4.21. The standard InChI is InChI=1S/C14H20N4O.ClH/c1-2-3-4-5-6-12-11-16-14-8-7-13(15-9-10-19)17-18(12)14;/h5-8,11,19H,2-4,9-10H2,1H3,(H,15,17);1H. The molecule has 2 N–H and O–H groups in total. The van der Waals surface area contributed by atoms with Gasteiger partial charge in [-0.3, -0.25) is 0 Å². The van der Waals surface area contributed by atoms with Gasteiger partial charge in [0.25, 0.3) is 0 Å². The number of aliphatic hydroxyl groups is 1. The van der Waals surface area contributed by atoms with Gasteiger partial charge in [0.2, 0.25) is 0 Å². The van der Waals surface area contributed by atoms with E-state index in [4.69, 9.17) is 5.11 Å². The number of aliphatic hydroxyl groups excluding tert-OH is 1. The van der Waals surface area contributed by atoms with Crippen LogP contribution in [0.25, 0.3) is 11.7 Å². The Morgan fingerprint density at radius 3 is 3.00 bits per heavy atom. The van der Waals surface area contributed by atoms with Gasteiger partial charge in [-0.15, -0.1) is 17.5 Å². The van der Waals surface area contributed by atoms with Gasteiger partial charge in [-0.25, -0.2) is 9.50 Å². The molecule has 0 aliphatic heterocycles. The molecule has 2 aromatic heterocycles. The summed E-state index contributed by atoms with van der Waals surface area (Å²) in [6, 6.07) is 3.78. The van der Waals surface area contributed by atoms with E-state index in [0.29, 0.717) is 6.54 Å². The van der Waals surface area contributed by atoms with Gasteiger partial charge in [-0.2, -0.15) is 0 Å². The maximum Gasteiger partial charge on any atom is 0.154 e. The van der Waals surface area contributed by atoms with E-state index >= 15 is 0 Å². The molecule has 0 atom stereocenters. The molecule has 2 aromatic rings. The predicted octanol–water partition coefficient (Wildman–Crippen LogP) is 2.76. The largest absolute Gasteiger partial charge is 0.395 e. The van der Waals surface area contributed by atoms with E-state index in [2.05, 4.69) is 34.5 Å². The van der Waals surface area contributed by atoms with Crippen molar-refractivity contribution in [2.45, 2.75) is 26.2 Å². The number of anilines is 1. The highest BCUT2D eigenvalue weighted by Crippen LogP contribution is 2.11. The van der Waals surface area contributed by atoms with Crippen LogP contribution in [0.1, 0.15) is 31.9 Å². The number of halogens is 1. The Hall–Kier alpha value is -1.59. The molecule has 0 unspecified atom stereocenters. The van der Waals surface area contributed by atoms with E-state index in [1.165, 1.54) is 12.8 Å². The molecule has 2 heterocycles. The van der Waals surface area contributed by atoms with Gasteiger partial charge >= 0.3 is 0 Å². The molecule has 0 aliphatic rings. The Labute approximate surface area is 125 Å². The molecule has 5 nitrogen and oxygen atoms in total. The highest BCUT2D eigenvalue weighted by atomic mass is 35.5. The number of nitrogens with one attached hydrogen (secondary N) is 1. The fraction of sp³-hybridized carbons (Fsp3) is 0.429. The molecule has 0 bridgehead atoms.